The van der Waals surface area contributed by atoms with Gasteiger partial charge < -0.3 is 9.88 Å². The van der Waals surface area contributed by atoms with Crippen molar-refractivity contribution in [1.82, 2.24) is 19.9 Å². The molecule has 2 aromatic heterocycles. The van der Waals surface area contributed by atoms with Crippen LogP contribution in [-0.2, 0) is 0 Å². The normalized spacial score (nSPS) is 11.3. The summed E-state index contributed by atoms with van der Waals surface area (Å²) >= 11 is 5.86. The number of imidazole rings is 1. The summed E-state index contributed by atoms with van der Waals surface area (Å²) < 4.78 is 0. The summed E-state index contributed by atoms with van der Waals surface area (Å²) in [5, 5.41) is 0.227. The lowest BCUT2D eigenvalue weighted by atomic mass is 10.2. The molecule has 6 heteroatoms. The standard InChI is InChI=1S/C10H14ClN5/c1-6(2)4-16(3)9-7-8(13-5-12-7)14-10(11)15-9/h5-6H,4H2,1-3H3,(H,12,13,14,15). The molecular formula is C10H14ClN5. The Labute approximate surface area is 98.9 Å². The third-order valence-corrected chi connectivity index (χ3v) is 2.41. The molecule has 0 saturated carbocycles. The van der Waals surface area contributed by atoms with Gasteiger partial charge in [0.25, 0.3) is 0 Å². The second-order valence-electron chi connectivity index (χ2n) is 4.19. The van der Waals surface area contributed by atoms with E-state index < -0.39 is 0 Å². The van der Waals surface area contributed by atoms with Crippen molar-refractivity contribution in [1.29, 1.82) is 0 Å². The minimum Gasteiger partial charge on any atom is -0.357 e. The van der Waals surface area contributed by atoms with E-state index in [0.29, 0.717) is 11.6 Å². The van der Waals surface area contributed by atoms with Crippen LogP contribution < -0.4 is 4.90 Å². The van der Waals surface area contributed by atoms with Gasteiger partial charge in [-0.05, 0) is 17.5 Å². The first-order chi connectivity index (χ1) is 7.58. The molecule has 0 aliphatic heterocycles. The summed E-state index contributed by atoms with van der Waals surface area (Å²) in [6.45, 7) is 5.22. The zero-order valence-electron chi connectivity index (χ0n) is 9.53. The Bertz CT molecular complexity index is 493. The summed E-state index contributed by atoms with van der Waals surface area (Å²) in [6, 6.07) is 0. The highest BCUT2D eigenvalue weighted by Crippen LogP contribution is 2.22. The molecule has 1 N–H and O–H groups in total. The van der Waals surface area contributed by atoms with Crippen molar-refractivity contribution in [2.75, 3.05) is 18.5 Å². The maximum absolute atomic E-state index is 5.86. The van der Waals surface area contributed by atoms with Crippen LogP contribution in [0.1, 0.15) is 13.8 Å². The van der Waals surface area contributed by atoms with E-state index in [4.69, 9.17) is 11.6 Å². The highest BCUT2D eigenvalue weighted by molar-refractivity contribution is 6.28. The van der Waals surface area contributed by atoms with Crippen LogP contribution in [0.3, 0.4) is 0 Å². The second-order valence-corrected chi connectivity index (χ2v) is 4.53. The third kappa shape index (κ3) is 2.09. The Morgan fingerprint density at radius 2 is 2.19 bits per heavy atom. The largest absolute Gasteiger partial charge is 0.357 e. The van der Waals surface area contributed by atoms with Crippen LogP contribution in [0.4, 0.5) is 5.82 Å². The molecule has 0 bridgehead atoms. The lowest BCUT2D eigenvalue weighted by Crippen LogP contribution is -2.24. The SMILES string of the molecule is CC(C)CN(C)c1nc(Cl)nc2nc[nH]c12. The molecule has 0 saturated heterocycles. The van der Waals surface area contributed by atoms with E-state index >= 15 is 0 Å². The first kappa shape index (κ1) is 11.1. The monoisotopic (exact) mass is 239 g/mol. The molecule has 0 aliphatic rings. The number of aromatic nitrogens is 4. The number of hydrogen-bond donors (Lipinski definition) is 1. The van der Waals surface area contributed by atoms with Crippen molar-refractivity contribution < 1.29 is 0 Å². The predicted octanol–water partition coefficient (Wildman–Crippen LogP) is 2.10. The molecule has 0 amide bonds. The summed E-state index contributed by atoms with van der Waals surface area (Å²) in [7, 11) is 1.99. The molecular weight excluding hydrogens is 226 g/mol. The summed E-state index contributed by atoms with van der Waals surface area (Å²) in [5.74, 6) is 1.35. The molecule has 0 radical (unpaired) electrons. The highest BCUT2D eigenvalue weighted by atomic mass is 35.5. The Morgan fingerprint density at radius 1 is 1.44 bits per heavy atom. The maximum atomic E-state index is 5.86. The van der Waals surface area contributed by atoms with E-state index in [1.54, 1.807) is 6.33 Å². The third-order valence-electron chi connectivity index (χ3n) is 2.24. The Kier molecular flexibility index (Phi) is 2.96. The van der Waals surface area contributed by atoms with Crippen LogP contribution >= 0.6 is 11.6 Å². The van der Waals surface area contributed by atoms with E-state index in [0.717, 1.165) is 17.9 Å². The second kappa shape index (κ2) is 4.25. The number of nitrogens with one attached hydrogen (secondary N) is 1. The van der Waals surface area contributed by atoms with Gasteiger partial charge in [0.05, 0.1) is 6.33 Å². The van der Waals surface area contributed by atoms with Gasteiger partial charge in [-0.2, -0.15) is 9.97 Å². The number of halogens is 1. The number of fused-ring (bicyclic) bond motifs is 1. The molecule has 0 atom stereocenters. The quantitative estimate of drug-likeness (QED) is 0.834. The summed E-state index contributed by atoms with van der Waals surface area (Å²) in [4.78, 5) is 17.5. The summed E-state index contributed by atoms with van der Waals surface area (Å²) in [6.07, 6.45) is 1.60. The first-order valence-corrected chi connectivity index (χ1v) is 5.53. The molecule has 2 heterocycles. The molecule has 5 nitrogen and oxygen atoms in total. The minimum absolute atomic E-state index is 0.227. The van der Waals surface area contributed by atoms with Crippen molar-refractivity contribution in [3.05, 3.63) is 11.6 Å². The number of nitrogens with zero attached hydrogens (tertiary/aromatic N) is 4. The van der Waals surface area contributed by atoms with E-state index in [2.05, 4.69) is 38.7 Å². The fourth-order valence-corrected chi connectivity index (χ4v) is 1.86. The minimum atomic E-state index is 0.227. The zero-order valence-corrected chi connectivity index (χ0v) is 10.3. The average molecular weight is 240 g/mol. The van der Waals surface area contributed by atoms with Crippen molar-refractivity contribution in [3.63, 3.8) is 0 Å². The van der Waals surface area contributed by atoms with Gasteiger partial charge in [-0.25, -0.2) is 4.98 Å². The molecule has 0 aliphatic carbocycles. The molecule has 86 valence electrons. The Balaban J connectivity index is 2.45. The smallest absolute Gasteiger partial charge is 0.226 e. The van der Waals surface area contributed by atoms with Crippen molar-refractivity contribution in [2.45, 2.75) is 13.8 Å². The fourth-order valence-electron chi connectivity index (χ4n) is 1.70. The molecule has 0 spiro atoms. The van der Waals surface area contributed by atoms with Crippen LogP contribution in [0.2, 0.25) is 5.28 Å². The average Bonchev–Trinajstić information content (AvgIpc) is 2.62. The van der Waals surface area contributed by atoms with E-state index in [-0.39, 0.29) is 5.28 Å². The molecule has 2 rings (SSSR count). The van der Waals surface area contributed by atoms with Crippen molar-refractivity contribution in [2.24, 2.45) is 5.92 Å². The Morgan fingerprint density at radius 3 is 2.88 bits per heavy atom. The van der Waals surface area contributed by atoms with E-state index in [9.17, 15) is 0 Å². The van der Waals surface area contributed by atoms with Gasteiger partial charge in [0.1, 0.15) is 5.52 Å². The Hall–Kier alpha value is -1.36. The number of H-pyrrole nitrogens is 1. The molecule has 0 unspecified atom stereocenters. The maximum Gasteiger partial charge on any atom is 0.226 e. The summed E-state index contributed by atoms with van der Waals surface area (Å²) in [5.41, 5.74) is 1.43. The molecule has 0 fully saturated rings. The van der Waals surface area contributed by atoms with Gasteiger partial charge in [0.2, 0.25) is 5.28 Å². The number of aromatic amines is 1. The van der Waals surface area contributed by atoms with Crippen LogP contribution in [0.25, 0.3) is 11.2 Å². The fraction of sp³-hybridized carbons (Fsp3) is 0.500. The van der Waals surface area contributed by atoms with Gasteiger partial charge in [-0.3, -0.25) is 0 Å². The van der Waals surface area contributed by atoms with Crippen molar-refractivity contribution >= 4 is 28.6 Å². The lowest BCUT2D eigenvalue weighted by Gasteiger charge is -2.20. The number of rotatable bonds is 3. The molecule has 2 aromatic rings. The lowest BCUT2D eigenvalue weighted by molar-refractivity contribution is 0.635. The van der Waals surface area contributed by atoms with E-state index in [1.807, 2.05) is 7.05 Å². The topological polar surface area (TPSA) is 57.7 Å². The van der Waals surface area contributed by atoms with Crippen LogP contribution in [0.15, 0.2) is 6.33 Å². The van der Waals surface area contributed by atoms with E-state index in [1.165, 1.54) is 0 Å². The van der Waals surface area contributed by atoms with Gasteiger partial charge in [-0.15, -0.1) is 0 Å². The van der Waals surface area contributed by atoms with Crippen molar-refractivity contribution in [3.8, 4) is 0 Å². The predicted molar refractivity (Wildman–Crippen MR) is 64.8 cm³/mol. The van der Waals surface area contributed by atoms with Gasteiger partial charge in [0.15, 0.2) is 11.5 Å². The van der Waals surface area contributed by atoms with Crippen LogP contribution in [0, 0.1) is 5.92 Å². The zero-order chi connectivity index (χ0) is 11.7. The highest BCUT2D eigenvalue weighted by Gasteiger charge is 2.13. The van der Waals surface area contributed by atoms with Crippen LogP contribution in [-0.4, -0.2) is 33.5 Å². The van der Waals surface area contributed by atoms with Gasteiger partial charge in [0, 0.05) is 13.6 Å². The molecule has 16 heavy (non-hydrogen) atoms. The molecule has 0 aromatic carbocycles. The number of anilines is 1. The number of hydrogen-bond acceptors (Lipinski definition) is 4. The van der Waals surface area contributed by atoms with Gasteiger partial charge >= 0.3 is 0 Å². The van der Waals surface area contributed by atoms with Gasteiger partial charge in [-0.1, -0.05) is 13.8 Å². The van der Waals surface area contributed by atoms with Crippen LogP contribution in [0.5, 0.6) is 0 Å². The first-order valence-electron chi connectivity index (χ1n) is 5.15.